The molecular formula is C13H24N2O6S3. The minimum atomic E-state index is -1.02. The molecule has 0 heterocycles. The van der Waals surface area contributed by atoms with E-state index in [9.17, 15) is 19.2 Å². The molecule has 0 aliphatic heterocycles. The van der Waals surface area contributed by atoms with Crippen LogP contribution >= 0.6 is 37.5 Å². The lowest BCUT2D eigenvalue weighted by molar-refractivity contribution is -0.142. The summed E-state index contributed by atoms with van der Waals surface area (Å²) in [6.07, 6.45) is 0.691. The van der Waals surface area contributed by atoms with Crippen LogP contribution in [0.5, 0.6) is 0 Å². The van der Waals surface area contributed by atoms with Gasteiger partial charge in [-0.1, -0.05) is 12.2 Å². The van der Waals surface area contributed by atoms with Crippen LogP contribution in [0.2, 0.25) is 0 Å². The zero-order chi connectivity index (χ0) is 19.7. The number of carboxylic acids is 2. The van der Waals surface area contributed by atoms with Gasteiger partial charge in [-0.3, -0.25) is 9.59 Å². The summed E-state index contributed by atoms with van der Waals surface area (Å²) in [6.45, 7) is 2.57. The molecule has 0 spiro atoms. The molecule has 0 unspecified atom stereocenters. The summed E-state index contributed by atoms with van der Waals surface area (Å²) in [5.74, 6) is 1.01. The van der Waals surface area contributed by atoms with Crippen LogP contribution in [-0.2, 0) is 19.2 Å². The van der Waals surface area contributed by atoms with Gasteiger partial charge < -0.3 is 20.8 Å². The Kier molecular flexibility index (Phi) is 20.7. The van der Waals surface area contributed by atoms with Gasteiger partial charge in [0.25, 0.3) is 0 Å². The molecule has 2 amide bonds. The Labute approximate surface area is 157 Å². The molecular weight excluding hydrogens is 376 g/mol. The molecule has 0 fully saturated rings. The Hall–Kier alpha value is -1.33. The van der Waals surface area contributed by atoms with E-state index >= 15 is 0 Å². The lowest BCUT2D eigenvalue weighted by Crippen LogP contribution is -2.39. The fourth-order valence-electron chi connectivity index (χ4n) is 1.26. The molecule has 2 atom stereocenters. The minimum Gasteiger partial charge on any atom is -0.480 e. The largest absolute Gasteiger partial charge is 0.480 e. The van der Waals surface area contributed by atoms with Gasteiger partial charge in [-0.15, -0.1) is 0 Å². The first kappa shape index (κ1) is 27.5. The highest BCUT2D eigenvalue weighted by atomic mass is 32.1. The fourth-order valence-corrected chi connectivity index (χ4v) is 1.78. The van der Waals surface area contributed by atoms with E-state index in [1.165, 1.54) is 13.8 Å². The number of rotatable bonds is 8. The van der Waals surface area contributed by atoms with Crippen LogP contribution in [0.4, 0.5) is 0 Å². The molecule has 24 heavy (non-hydrogen) atoms. The van der Waals surface area contributed by atoms with Crippen LogP contribution in [0.15, 0.2) is 0 Å². The summed E-state index contributed by atoms with van der Waals surface area (Å²) < 4.78 is 0. The quantitative estimate of drug-likeness (QED) is 0.257. The number of hydrogen-bond acceptors (Lipinski definition) is 7. The Morgan fingerprint density at radius 3 is 1.25 bits per heavy atom. The number of carboxylic acid groups (broad SMARTS) is 2. The molecule has 0 aromatic heterocycles. The normalized spacial score (nSPS) is 11.3. The summed E-state index contributed by atoms with van der Waals surface area (Å²) in [5, 5.41) is 21.6. The van der Waals surface area contributed by atoms with Crippen LogP contribution < -0.4 is 10.6 Å². The molecule has 0 saturated carbocycles. The number of aliphatic carboxylic acids is 2. The smallest absolute Gasteiger partial charge is 0.326 e. The average molecular weight is 401 g/mol. The monoisotopic (exact) mass is 400 g/mol. The molecule has 0 aromatic rings. The molecule has 0 aliphatic rings. The topological polar surface area (TPSA) is 133 Å². The third kappa shape index (κ3) is 18.7. The number of thiocarbonyl (C=S) groups is 1. The lowest BCUT2D eigenvalue weighted by Gasteiger charge is -2.10. The number of nitrogens with one attached hydrogen (secondary N) is 2. The lowest BCUT2D eigenvalue weighted by atomic mass is 10.2. The van der Waals surface area contributed by atoms with Crippen molar-refractivity contribution in [3.05, 3.63) is 0 Å². The van der Waals surface area contributed by atoms with E-state index in [-0.39, 0.29) is 11.8 Å². The van der Waals surface area contributed by atoms with E-state index in [4.69, 9.17) is 10.2 Å². The van der Waals surface area contributed by atoms with Crippen molar-refractivity contribution in [1.29, 1.82) is 0 Å². The predicted molar refractivity (Wildman–Crippen MR) is 102 cm³/mol. The van der Waals surface area contributed by atoms with Gasteiger partial charge in [0.05, 0.1) is 0 Å². The van der Waals surface area contributed by atoms with Gasteiger partial charge in [-0.25, -0.2) is 9.59 Å². The van der Waals surface area contributed by atoms with E-state index in [0.717, 1.165) is 0 Å². The van der Waals surface area contributed by atoms with E-state index < -0.39 is 24.0 Å². The van der Waals surface area contributed by atoms with E-state index in [0.29, 0.717) is 24.3 Å². The maximum Gasteiger partial charge on any atom is 0.326 e. The molecule has 11 heteroatoms. The van der Waals surface area contributed by atoms with Crippen molar-refractivity contribution in [3.8, 4) is 0 Å². The molecule has 0 aliphatic carbocycles. The minimum absolute atomic E-state index is 0.334. The summed E-state index contributed by atoms with van der Waals surface area (Å²) in [7, 11) is 0. The Bertz CT molecular complexity index is 373. The first-order valence-electron chi connectivity index (χ1n) is 6.66. The standard InChI is InChI=1S/2C6H11NO3S.CH2S/c2*1-4(8)7-5(2-3-11)6(9)10;1-2/h2*5,11H,2-3H2,1H3,(H,7,8)(H,9,10);1H2/t2*5-;/m00./s1. The van der Waals surface area contributed by atoms with Gasteiger partial charge in [0, 0.05) is 13.8 Å². The molecule has 0 aromatic carbocycles. The van der Waals surface area contributed by atoms with Gasteiger partial charge in [-0.2, -0.15) is 25.3 Å². The molecule has 0 rings (SSSR count). The van der Waals surface area contributed by atoms with Crippen molar-refractivity contribution in [2.75, 3.05) is 11.5 Å². The van der Waals surface area contributed by atoms with Gasteiger partial charge in [-0.05, 0) is 30.2 Å². The SMILES string of the molecule is C=S.CC(=O)N[C@@H](CCS)C(=O)O.CC(=O)N[C@@H](CCS)C(=O)O. The van der Waals surface area contributed by atoms with E-state index in [2.05, 4.69) is 54.0 Å². The number of thiol groups is 2. The molecule has 0 bridgehead atoms. The summed E-state index contributed by atoms with van der Waals surface area (Å²) in [4.78, 5) is 41.6. The average Bonchev–Trinajstić information content (AvgIpc) is 2.48. The maximum absolute atomic E-state index is 10.4. The van der Waals surface area contributed by atoms with Gasteiger partial charge in [0.2, 0.25) is 11.8 Å². The summed E-state index contributed by atoms with van der Waals surface area (Å²) in [5.41, 5.74) is 0. The molecule has 140 valence electrons. The second kappa shape index (κ2) is 18.0. The molecule has 4 N–H and O–H groups in total. The van der Waals surface area contributed by atoms with Crippen LogP contribution in [0, 0.1) is 0 Å². The second-order valence-electron chi connectivity index (χ2n) is 4.21. The first-order chi connectivity index (χ1) is 11.1. The van der Waals surface area contributed by atoms with Crippen molar-refractivity contribution in [1.82, 2.24) is 10.6 Å². The Morgan fingerprint density at radius 2 is 1.12 bits per heavy atom. The van der Waals surface area contributed by atoms with Crippen molar-refractivity contribution in [2.24, 2.45) is 0 Å². The van der Waals surface area contributed by atoms with Crippen molar-refractivity contribution in [2.45, 2.75) is 38.8 Å². The third-order valence-corrected chi connectivity index (χ3v) is 2.70. The van der Waals surface area contributed by atoms with Crippen LogP contribution in [-0.4, -0.2) is 63.4 Å². The van der Waals surface area contributed by atoms with Crippen LogP contribution in [0.3, 0.4) is 0 Å². The summed E-state index contributed by atoms with van der Waals surface area (Å²) >= 11 is 11.6. The fraction of sp³-hybridized carbons (Fsp3) is 0.615. The third-order valence-electron chi connectivity index (χ3n) is 2.19. The van der Waals surface area contributed by atoms with E-state index in [1.54, 1.807) is 0 Å². The van der Waals surface area contributed by atoms with Crippen molar-refractivity contribution < 1.29 is 29.4 Å². The summed E-state index contributed by atoms with van der Waals surface area (Å²) in [6, 6.07) is -1.60. The number of carbonyl (C=O) groups is 4. The number of hydrogen-bond donors (Lipinski definition) is 6. The van der Waals surface area contributed by atoms with Gasteiger partial charge in [0.1, 0.15) is 12.1 Å². The van der Waals surface area contributed by atoms with Gasteiger partial charge >= 0.3 is 11.9 Å². The first-order valence-corrected chi connectivity index (χ1v) is 8.50. The number of carbonyl (C=O) groups excluding carboxylic acids is 2. The van der Waals surface area contributed by atoms with Crippen molar-refractivity contribution >= 4 is 67.1 Å². The highest BCUT2D eigenvalue weighted by Gasteiger charge is 2.17. The van der Waals surface area contributed by atoms with Crippen molar-refractivity contribution in [3.63, 3.8) is 0 Å². The van der Waals surface area contributed by atoms with Gasteiger partial charge in [0.15, 0.2) is 0 Å². The maximum atomic E-state index is 10.4. The van der Waals surface area contributed by atoms with E-state index in [1.807, 2.05) is 0 Å². The predicted octanol–water partition coefficient (Wildman–Crippen LogP) is 0.407. The Morgan fingerprint density at radius 1 is 0.875 bits per heavy atom. The zero-order valence-corrected chi connectivity index (χ0v) is 16.1. The highest BCUT2D eigenvalue weighted by Crippen LogP contribution is 1.94. The Balaban J connectivity index is -0.000000333. The second-order valence-corrected chi connectivity index (χ2v) is 5.10. The number of amides is 2. The molecule has 0 radical (unpaired) electrons. The highest BCUT2D eigenvalue weighted by molar-refractivity contribution is 7.80. The van der Waals surface area contributed by atoms with Crippen LogP contribution in [0.25, 0.3) is 0 Å². The molecule has 0 saturated heterocycles. The van der Waals surface area contributed by atoms with Crippen LogP contribution in [0.1, 0.15) is 26.7 Å². The zero-order valence-electron chi connectivity index (χ0n) is 13.5. The molecule has 8 nitrogen and oxygen atoms in total.